The minimum atomic E-state index is -0.829. The van der Waals surface area contributed by atoms with Crippen LogP contribution in [0.3, 0.4) is 0 Å². The highest BCUT2D eigenvalue weighted by atomic mass is 16.5. The van der Waals surface area contributed by atoms with Crippen molar-refractivity contribution >= 4 is 11.9 Å². The van der Waals surface area contributed by atoms with Gasteiger partial charge in [-0.15, -0.1) is 0 Å². The van der Waals surface area contributed by atoms with Gasteiger partial charge in [-0.05, 0) is 38.8 Å². The third-order valence-corrected chi connectivity index (χ3v) is 4.36. The van der Waals surface area contributed by atoms with Crippen molar-refractivity contribution in [3.8, 4) is 5.75 Å². The summed E-state index contributed by atoms with van der Waals surface area (Å²) < 4.78 is 5.64. The SMILES string of the molecule is Cc1ccc(OC(C)C(=O)N[C@H]2CCCCC[C@H]2C(=O)O)cc1. The van der Waals surface area contributed by atoms with Crippen molar-refractivity contribution in [3.05, 3.63) is 29.8 Å². The summed E-state index contributed by atoms with van der Waals surface area (Å²) in [6.07, 6.45) is 3.54. The lowest BCUT2D eigenvalue weighted by molar-refractivity contribution is -0.143. The molecule has 1 saturated carbocycles. The fourth-order valence-electron chi connectivity index (χ4n) is 2.95. The zero-order chi connectivity index (χ0) is 16.8. The van der Waals surface area contributed by atoms with Gasteiger partial charge in [0.25, 0.3) is 5.91 Å². The van der Waals surface area contributed by atoms with E-state index in [0.29, 0.717) is 18.6 Å². The maximum atomic E-state index is 12.3. The number of aryl methyl sites for hydroxylation is 1. The molecule has 126 valence electrons. The van der Waals surface area contributed by atoms with Crippen LogP contribution in [0.25, 0.3) is 0 Å². The highest BCUT2D eigenvalue weighted by molar-refractivity contribution is 5.82. The largest absolute Gasteiger partial charge is 0.481 e. The van der Waals surface area contributed by atoms with Crippen LogP contribution in [-0.2, 0) is 9.59 Å². The third-order valence-electron chi connectivity index (χ3n) is 4.36. The minimum absolute atomic E-state index is 0.260. The molecule has 0 heterocycles. The molecule has 1 amide bonds. The van der Waals surface area contributed by atoms with Gasteiger partial charge < -0.3 is 15.2 Å². The summed E-state index contributed by atoms with van der Waals surface area (Å²) >= 11 is 0. The Bertz CT molecular complexity index is 540. The number of hydrogen-bond acceptors (Lipinski definition) is 3. The van der Waals surface area contributed by atoms with Crippen LogP contribution < -0.4 is 10.1 Å². The predicted octanol–water partition coefficient (Wildman–Crippen LogP) is 2.91. The topological polar surface area (TPSA) is 75.6 Å². The number of hydrogen-bond donors (Lipinski definition) is 2. The molecule has 1 aromatic rings. The second-order valence-corrected chi connectivity index (χ2v) is 6.27. The van der Waals surface area contributed by atoms with Gasteiger partial charge in [0.1, 0.15) is 5.75 Å². The molecule has 1 aromatic carbocycles. The zero-order valence-electron chi connectivity index (χ0n) is 13.7. The molecule has 5 heteroatoms. The molecule has 0 spiro atoms. The summed E-state index contributed by atoms with van der Waals surface area (Å²) in [6.45, 7) is 3.67. The van der Waals surface area contributed by atoms with Gasteiger partial charge in [-0.1, -0.05) is 37.0 Å². The molecule has 0 radical (unpaired) electrons. The van der Waals surface area contributed by atoms with Crippen LogP contribution >= 0.6 is 0 Å². The van der Waals surface area contributed by atoms with Crippen molar-refractivity contribution in [2.75, 3.05) is 0 Å². The van der Waals surface area contributed by atoms with Gasteiger partial charge in [-0.25, -0.2) is 0 Å². The van der Waals surface area contributed by atoms with E-state index in [1.807, 2.05) is 31.2 Å². The van der Waals surface area contributed by atoms with Gasteiger partial charge in [0.15, 0.2) is 6.10 Å². The molecule has 0 saturated heterocycles. The molecule has 1 fully saturated rings. The average Bonchev–Trinajstić information content (AvgIpc) is 2.75. The van der Waals surface area contributed by atoms with Crippen molar-refractivity contribution in [3.63, 3.8) is 0 Å². The predicted molar refractivity (Wildman–Crippen MR) is 87.4 cm³/mol. The maximum absolute atomic E-state index is 12.3. The number of carboxylic acid groups (broad SMARTS) is 1. The number of aliphatic carboxylic acids is 1. The van der Waals surface area contributed by atoms with E-state index in [4.69, 9.17) is 4.74 Å². The molecular formula is C18H25NO4. The van der Waals surface area contributed by atoms with Crippen LogP contribution in [0.4, 0.5) is 0 Å². The Hall–Kier alpha value is -2.04. The van der Waals surface area contributed by atoms with Crippen LogP contribution in [0.1, 0.15) is 44.6 Å². The molecule has 3 atom stereocenters. The Balaban J connectivity index is 1.95. The number of nitrogens with one attached hydrogen (secondary N) is 1. The van der Waals surface area contributed by atoms with Crippen molar-refractivity contribution in [1.82, 2.24) is 5.32 Å². The number of carboxylic acids is 1. The molecule has 0 aliphatic heterocycles. The second-order valence-electron chi connectivity index (χ2n) is 6.27. The standard InChI is InChI=1S/C18H25NO4/c1-12-8-10-14(11-9-12)23-13(2)17(20)19-16-7-5-3-4-6-15(16)18(21)22/h8-11,13,15-16H,3-7H2,1-2H3,(H,19,20)(H,21,22)/t13?,15-,16+/m1/s1. The first kappa shape index (κ1) is 17.3. The van der Waals surface area contributed by atoms with Crippen LogP contribution in [0, 0.1) is 12.8 Å². The normalized spacial score (nSPS) is 22.7. The fraction of sp³-hybridized carbons (Fsp3) is 0.556. The maximum Gasteiger partial charge on any atom is 0.308 e. The van der Waals surface area contributed by atoms with Gasteiger partial charge in [0.05, 0.1) is 5.92 Å². The second kappa shape index (κ2) is 7.99. The Morgan fingerprint density at radius 2 is 1.83 bits per heavy atom. The zero-order valence-corrected chi connectivity index (χ0v) is 13.7. The van der Waals surface area contributed by atoms with E-state index in [2.05, 4.69) is 5.32 Å². The van der Waals surface area contributed by atoms with Crippen molar-refractivity contribution < 1.29 is 19.4 Å². The van der Waals surface area contributed by atoms with Crippen molar-refractivity contribution in [1.29, 1.82) is 0 Å². The summed E-state index contributed by atoms with van der Waals surface area (Å²) in [5.41, 5.74) is 1.12. The van der Waals surface area contributed by atoms with Gasteiger partial charge in [0.2, 0.25) is 0 Å². The number of rotatable bonds is 5. The fourth-order valence-corrected chi connectivity index (χ4v) is 2.95. The average molecular weight is 319 g/mol. The quantitative estimate of drug-likeness (QED) is 0.818. The number of carbonyl (C=O) groups is 2. The number of amides is 1. The lowest BCUT2D eigenvalue weighted by Gasteiger charge is -2.24. The molecule has 1 aliphatic rings. The van der Waals surface area contributed by atoms with Crippen molar-refractivity contribution in [2.24, 2.45) is 5.92 Å². The van der Waals surface area contributed by atoms with E-state index in [1.54, 1.807) is 6.92 Å². The summed E-state index contributed by atoms with van der Waals surface area (Å²) in [5, 5.41) is 12.2. The molecule has 2 N–H and O–H groups in total. The summed E-state index contributed by atoms with van der Waals surface area (Å²) in [6, 6.07) is 7.18. The molecule has 0 bridgehead atoms. The third kappa shape index (κ3) is 4.98. The minimum Gasteiger partial charge on any atom is -0.481 e. The molecule has 1 unspecified atom stereocenters. The molecule has 1 aliphatic carbocycles. The van der Waals surface area contributed by atoms with E-state index in [-0.39, 0.29) is 11.9 Å². The number of ether oxygens (including phenoxy) is 1. The van der Waals surface area contributed by atoms with Crippen LogP contribution in [0.15, 0.2) is 24.3 Å². The van der Waals surface area contributed by atoms with Gasteiger partial charge in [-0.3, -0.25) is 9.59 Å². The van der Waals surface area contributed by atoms with E-state index < -0.39 is 18.0 Å². The monoisotopic (exact) mass is 319 g/mol. The van der Waals surface area contributed by atoms with E-state index in [1.165, 1.54) is 0 Å². The smallest absolute Gasteiger partial charge is 0.308 e. The lowest BCUT2D eigenvalue weighted by atomic mass is 9.94. The highest BCUT2D eigenvalue weighted by Crippen LogP contribution is 2.24. The highest BCUT2D eigenvalue weighted by Gasteiger charge is 2.31. The first-order valence-corrected chi connectivity index (χ1v) is 8.24. The van der Waals surface area contributed by atoms with Crippen LogP contribution in [0.5, 0.6) is 5.75 Å². The number of benzene rings is 1. The first-order valence-electron chi connectivity index (χ1n) is 8.24. The Kier molecular flexibility index (Phi) is 6.02. The van der Waals surface area contributed by atoms with Gasteiger partial charge >= 0.3 is 5.97 Å². The molecular weight excluding hydrogens is 294 g/mol. The Labute approximate surface area is 137 Å². The summed E-state index contributed by atoms with van der Waals surface area (Å²) in [4.78, 5) is 23.7. The van der Waals surface area contributed by atoms with Crippen molar-refractivity contribution in [2.45, 2.75) is 58.1 Å². The first-order chi connectivity index (χ1) is 11.0. The summed E-state index contributed by atoms with van der Waals surface area (Å²) in [7, 11) is 0. The molecule has 23 heavy (non-hydrogen) atoms. The number of carbonyl (C=O) groups excluding carboxylic acids is 1. The Morgan fingerprint density at radius 1 is 1.17 bits per heavy atom. The van der Waals surface area contributed by atoms with Gasteiger partial charge in [0, 0.05) is 6.04 Å². The lowest BCUT2D eigenvalue weighted by Crippen LogP contribution is -2.47. The van der Waals surface area contributed by atoms with E-state index in [9.17, 15) is 14.7 Å². The van der Waals surface area contributed by atoms with E-state index >= 15 is 0 Å². The summed E-state index contributed by atoms with van der Waals surface area (Å²) in [5.74, 6) is -0.963. The molecule has 0 aromatic heterocycles. The van der Waals surface area contributed by atoms with Crippen LogP contribution in [0.2, 0.25) is 0 Å². The van der Waals surface area contributed by atoms with E-state index in [0.717, 1.165) is 24.8 Å². The van der Waals surface area contributed by atoms with Crippen LogP contribution in [-0.4, -0.2) is 29.1 Å². The Morgan fingerprint density at radius 3 is 2.48 bits per heavy atom. The molecule has 2 rings (SSSR count). The molecule has 5 nitrogen and oxygen atoms in total. The van der Waals surface area contributed by atoms with Gasteiger partial charge in [-0.2, -0.15) is 0 Å².